The molecule has 1 saturated heterocycles. The van der Waals surface area contributed by atoms with E-state index in [-0.39, 0.29) is 5.91 Å². The molecule has 1 unspecified atom stereocenters. The molecule has 4 heteroatoms. The highest BCUT2D eigenvalue weighted by molar-refractivity contribution is 5.95. The molecule has 0 aliphatic carbocycles. The van der Waals surface area contributed by atoms with Crippen LogP contribution in [0.5, 0.6) is 0 Å². The second kappa shape index (κ2) is 6.75. The van der Waals surface area contributed by atoms with Gasteiger partial charge in [-0.1, -0.05) is 13.0 Å². The first-order valence-corrected chi connectivity index (χ1v) is 7.50. The van der Waals surface area contributed by atoms with E-state index < -0.39 is 0 Å². The quantitative estimate of drug-likeness (QED) is 0.887. The maximum absolute atomic E-state index is 11.4. The highest BCUT2D eigenvalue weighted by atomic mass is 16.1. The lowest BCUT2D eigenvalue weighted by Gasteiger charge is -2.21. The number of rotatable bonds is 4. The van der Waals surface area contributed by atoms with Crippen molar-refractivity contribution in [3.05, 3.63) is 29.3 Å². The molecule has 1 heterocycles. The zero-order valence-electron chi connectivity index (χ0n) is 12.5. The Balaban J connectivity index is 2.06. The van der Waals surface area contributed by atoms with Gasteiger partial charge < -0.3 is 16.0 Å². The number of likely N-dealkylation sites (tertiary alicyclic amines) is 1. The van der Waals surface area contributed by atoms with Crippen LogP contribution in [0, 0.1) is 6.92 Å². The third-order valence-electron chi connectivity index (χ3n) is 4.23. The third-order valence-corrected chi connectivity index (χ3v) is 4.23. The number of nitrogens with one attached hydrogen (secondary N) is 1. The molecule has 1 aromatic carbocycles. The normalized spacial score (nSPS) is 20.4. The predicted molar refractivity (Wildman–Crippen MR) is 83.1 cm³/mol. The molecule has 110 valence electrons. The number of primary amides is 1. The van der Waals surface area contributed by atoms with Gasteiger partial charge in [0, 0.05) is 23.8 Å². The number of nitrogens with zero attached hydrogens (tertiary/aromatic N) is 1. The van der Waals surface area contributed by atoms with E-state index in [1.807, 2.05) is 19.1 Å². The van der Waals surface area contributed by atoms with Crippen molar-refractivity contribution in [2.45, 2.75) is 39.2 Å². The first kappa shape index (κ1) is 14.9. The van der Waals surface area contributed by atoms with Crippen LogP contribution in [0.2, 0.25) is 0 Å². The number of amides is 1. The third kappa shape index (κ3) is 3.51. The van der Waals surface area contributed by atoms with Gasteiger partial charge in [-0.3, -0.25) is 4.79 Å². The monoisotopic (exact) mass is 275 g/mol. The Morgan fingerprint density at radius 3 is 2.90 bits per heavy atom. The molecule has 0 bridgehead atoms. The number of hydrogen-bond acceptors (Lipinski definition) is 3. The van der Waals surface area contributed by atoms with Crippen LogP contribution in [0.1, 0.15) is 42.1 Å². The lowest BCUT2D eigenvalue weighted by Crippen LogP contribution is -2.26. The fourth-order valence-electron chi connectivity index (χ4n) is 2.90. The molecule has 3 N–H and O–H groups in total. The van der Waals surface area contributed by atoms with Gasteiger partial charge in [0.05, 0.1) is 0 Å². The van der Waals surface area contributed by atoms with Gasteiger partial charge in [-0.05, 0) is 57.0 Å². The van der Waals surface area contributed by atoms with E-state index in [1.165, 1.54) is 19.4 Å². The van der Waals surface area contributed by atoms with E-state index in [0.717, 1.165) is 30.8 Å². The minimum atomic E-state index is -0.357. The van der Waals surface area contributed by atoms with E-state index in [1.54, 1.807) is 6.07 Å². The summed E-state index contributed by atoms with van der Waals surface area (Å²) in [5.41, 5.74) is 8.01. The standard InChI is InChI=1S/C16H25N3O/c1-3-19-10-5-6-13(9-11-19)18-15-8-4-7-14(12(15)2)16(17)20/h4,7-8,13,18H,3,5-6,9-11H2,1-2H3,(H2,17,20). The van der Waals surface area contributed by atoms with Crippen LogP contribution in [0.15, 0.2) is 18.2 Å². The van der Waals surface area contributed by atoms with Crippen molar-refractivity contribution in [3.8, 4) is 0 Å². The summed E-state index contributed by atoms with van der Waals surface area (Å²) in [7, 11) is 0. The van der Waals surface area contributed by atoms with Crippen LogP contribution >= 0.6 is 0 Å². The van der Waals surface area contributed by atoms with E-state index in [4.69, 9.17) is 5.73 Å². The van der Waals surface area contributed by atoms with Crippen LogP contribution in [-0.4, -0.2) is 36.5 Å². The van der Waals surface area contributed by atoms with Gasteiger partial charge in [0.25, 0.3) is 0 Å². The Bertz CT molecular complexity index is 473. The number of benzene rings is 1. The van der Waals surface area contributed by atoms with Crippen LogP contribution in [0.25, 0.3) is 0 Å². The Hall–Kier alpha value is -1.55. The van der Waals surface area contributed by atoms with Crippen molar-refractivity contribution in [1.82, 2.24) is 4.90 Å². The summed E-state index contributed by atoms with van der Waals surface area (Å²) >= 11 is 0. The smallest absolute Gasteiger partial charge is 0.249 e. The van der Waals surface area contributed by atoms with E-state index in [0.29, 0.717) is 11.6 Å². The summed E-state index contributed by atoms with van der Waals surface area (Å²) in [5.74, 6) is -0.357. The zero-order valence-corrected chi connectivity index (χ0v) is 12.5. The maximum Gasteiger partial charge on any atom is 0.249 e. The molecule has 1 amide bonds. The first-order valence-electron chi connectivity index (χ1n) is 7.50. The summed E-state index contributed by atoms with van der Waals surface area (Å²) in [6.45, 7) is 7.63. The number of nitrogens with two attached hydrogens (primary N) is 1. The number of carbonyl (C=O) groups excluding carboxylic acids is 1. The lowest BCUT2D eigenvalue weighted by molar-refractivity contribution is 0.1000. The number of anilines is 1. The van der Waals surface area contributed by atoms with E-state index in [2.05, 4.69) is 17.1 Å². The molecule has 20 heavy (non-hydrogen) atoms. The van der Waals surface area contributed by atoms with Gasteiger partial charge >= 0.3 is 0 Å². The largest absolute Gasteiger partial charge is 0.382 e. The Morgan fingerprint density at radius 1 is 1.40 bits per heavy atom. The minimum Gasteiger partial charge on any atom is -0.382 e. The number of hydrogen-bond donors (Lipinski definition) is 2. The highest BCUT2D eigenvalue weighted by Crippen LogP contribution is 2.22. The summed E-state index contributed by atoms with van der Waals surface area (Å²) in [6.07, 6.45) is 3.55. The van der Waals surface area contributed by atoms with Crippen molar-refractivity contribution < 1.29 is 4.79 Å². The molecule has 0 spiro atoms. The molecule has 1 atom stereocenters. The molecular formula is C16H25N3O. The van der Waals surface area contributed by atoms with Crippen molar-refractivity contribution in [3.63, 3.8) is 0 Å². The van der Waals surface area contributed by atoms with Crippen LogP contribution < -0.4 is 11.1 Å². The summed E-state index contributed by atoms with van der Waals surface area (Å²) in [4.78, 5) is 13.9. The molecule has 1 aliphatic heterocycles. The average molecular weight is 275 g/mol. The minimum absolute atomic E-state index is 0.357. The van der Waals surface area contributed by atoms with Gasteiger partial charge in [-0.25, -0.2) is 0 Å². The molecule has 1 fully saturated rings. The molecule has 4 nitrogen and oxygen atoms in total. The summed E-state index contributed by atoms with van der Waals surface area (Å²) in [6, 6.07) is 6.19. The summed E-state index contributed by atoms with van der Waals surface area (Å²) in [5, 5.41) is 3.59. The van der Waals surface area contributed by atoms with Crippen molar-refractivity contribution in [2.24, 2.45) is 5.73 Å². The van der Waals surface area contributed by atoms with Gasteiger partial charge in [0.2, 0.25) is 5.91 Å². The fourth-order valence-corrected chi connectivity index (χ4v) is 2.90. The van der Waals surface area contributed by atoms with Crippen molar-refractivity contribution in [1.29, 1.82) is 0 Å². The van der Waals surface area contributed by atoms with Gasteiger partial charge in [-0.2, -0.15) is 0 Å². The Kier molecular flexibility index (Phi) is 5.01. The molecule has 0 aromatic heterocycles. The molecule has 1 aliphatic rings. The topological polar surface area (TPSA) is 58.4 Å². The fraction of sp³-hybridized carbons (Fsp3) is 0.562. The molecule has 1 aromatic rings. The number of carbonyl (C=O) groups is 1. The van der Waals surface area contributed by atoms with Crippen LogP contribution in [-0.2, 0) is 0 Å². The van der Waals surface area contributed by atoms with E-state index >= 15 is 0 Å². The average Bonchev–Trinajstić information content (AvgIpc) is 2.66. The molecule has 2 rings (SSSR count). The Morgan fingerprint density at radius 2 is 2.20 bits per heavy atom. The second-order valence-electron chi connectivity index (χ2n) is 5.55. The van der Waals surface area contributed by atoms with Crippen LogP contribution in [0.4, 0.5) is 5.69 Å². The highest BCUT2D eigenvalue weighted by Gasteiger charge is 2.17. The van der Waals surface area contributed by atoms with Crippen molar-refractivity contribution >= 4 is 11.6 Å². The van der Waals surface area contributed by atoms with Gasteiger partial charge in [0.1, 0.15) is 0 Å². The van der Waals surface area contributed by atoms with E-state index in [9.17, 15) is 4.79 Å². The predicted octanol–water partition coefficient (Wildman–Crippen LogP) is 2.38. The van der Waals surface area contributed by atoms with Gasteiger partial charge in [-0.15, -0.1) is 0 Å². The lowest BCUT2D eigenvalue weighted by atomic mass is 10.0. The SMILES string of the molecule is CCN1CCCC(Nc2cccc(C(N)=O)c2C)CC1. The molecule has 0 saturated carbocycles. The Labute approximate surface area is 121 Å². The molecule has 0 radical (unpaired) electrons. The summed E-state index contributed by atoms with van der Waals surface area (Å²) < 4.78 is 0. The zero-order chi connectivity index (χ0) is 14.5. The van der Waals surface area contributed by atoms with Gasteiger partial charge in [0.15, 0.2) is 0 Å². The molecular weight excluding hydrogens is 250 g/mol. The van der Waals surface area contributed by atoms with Crippen LogP contribution in [0.3, 0.4) is 0 Å². The first-order chi connectivity index (χ1) is 9.61. The maximum atomic E-state index is 11.4. The van der Waals surface area contributed by atoms with Crippen molar-refractivity contribution in [2.75, 3.05) is 25.0 Å². The second-order valence-corrected chi connectivity index (χ2v) is 5.55.